The molecule has 9 nitrogen and oxygen atoms in total. The van der Waals surface area contributed by atoms with E-state index < -0.39 is 48.2 Å². The molecule has 0 amide bonds. The Morgan fingerprint density at radius 1 is 0.958 bits per heavy atom. The molecule has 0 aromatic carbocycles. The maximum absolute atomic E-state index is 11.4. The van der Waals surface area contributed by atoms with Gasteiger partial charge in [0, 0.05) is 27.7 Å². The highest BCUT2D eigenvalue weighted by atomic mass is 31.0. The number of rotatable bonds is 5. The van der Waals surface area contributed by atoms with Crippen LogP contribution in [-0.2, 0) is 38.1 Å². The number of nitrogens with one attached hydrogen (secondary N) is 1. The summed E-state index contributed by atoms with van der Waals surface area (Å²) in [5.74, 6) is -1.83. The zero-order chi connectivity index (χ0) is 18.4. The Balaban J connectivity index is 3.08. The van der Waals surface area contributed by atoms with Crippen LogP contribution in [0.2, 0.25) is 0 Å². The van der Waals surface area contributed by atoms with Gasteiger partial charge in [0.15, 0.2) is 18.1 Å². The molecular formula is C14H22NO8P. The molecular weight excluding hydrogens is 341 g/mol. The monoisotopic (exact) mass is 363 g/mol. The van der Waals surface area contributed by atoms with Gasteiger partial charge in [0.1, 0.15) is 12.7 Å². The average Bonchev–Trinajstić information content (AvgIpc) is 2.42. The molecule has 1 saturated heterocycles. The van der Waals surface area contributed by atoms with E-state index in [0.717, 1.165) is 0 Å². The molecule has 0 aliphatic carbocycles. The summed E-state index contributed by atoms with van der Waals surface area (Å²) in [6, 6.07) is 0. The van der Waals surface area contributed by atoms with Crippen molar-refractivity contribution in [3.63, 3.8) is 0 Å². The molecule has 0 spiro atoms. The van der Waals surface area contributed by atoms with Gasteiger partial charge in [-0.25, -0.2) is 0 Å². The van der Waals surface area contributed by atoms with Gasteiger partial charge in [-0.05, 0) is 0 Å². The first-order valence-electron chi connectivity index (χ1n) is 7.22. The second-order valence-electron chi connectivity index (χ2n) is 5.24. The van der Waals surface area contributed by atoms with Crippen molar-refractivity contribution in [2.75, 3.05) is 6.61 Å². The molecule has 1 heterocycles. The second-order valence-corrected chi connectivity index (χ2v) is 6.01. The molecule has 0 saturated carbocycles. The van der Waals surface area contributed by atoms with E-state index in [-0.39, 0.29) is 12.5 Å². The van der Waals surface area contributed by atoms with E-state index in [1.807, 2.05) is 0 Å². The number of ether oxygens (including phenoxy) is 5. The van der Waals surface area contributed by atoms with Gasteiger partial charge in [0.2, 0.25) is 6.29 Å². The summed E-state index contributed by atoms with van der Waals surface area (Å²) in [6.07, 6.45) is -3.76. The molecule has 6 unspecified atom stereocenters. The molecule has 1 aliphatic rings. The Labute approximate surface area is 142 Å². The summed E-state index contributed by atoms with van der Waals surface area (Å²) < 4.78 is 26.3. The lowest BCUT2D eigenvalue weighted by atomic mass is 10.0. The van der Waals surface area contributed by atoms with Gasteiger partial charge in [-0.2, -0.15) is 0 Å². The number of carbonyl (C=O) groups is 3. The summed E-state index contributed by atoms with van der Waals surface area (Å²) in [5, 5.41) is 7.44. The predicted molar refractivity (Wildman–Crippen MR) is 84.4 cm³/mol. The third-order valence-corrected chi connectivity index (χ3v) is 3.73. The van der Waals surface area contributed by atoms with Gasteiger partial charge in [0.25, 0.3) is 0 Å². The number of hydrogen-bond acceptors (Lipinski definition) is 9. The van der Waals surface area contributed by atoms with Gasteiger partial charge >= 0.3 is 17.9 Å². The van der Waals surface area contributed by atoms with E-state index in [4.69, 9.17) is 29.1 Å². The molecule has 6 atom stereocenters. The molecule has 1 N–H and O–H groups in total. The smallest absolute Gasteiger partial charge is 0.303 e. The molecule has 0 aromatic rings. The maximum atomic E-state index is 11.4. The predicted octanol–water partition coefficient (Wildman–Crippen LogP) is 0.395. The topological polar surface area (TPSA) is 121 Å². The molecule has 136 valence electrons. The minimum Gasteiger partial charge on any atom is -0.463 e. The van der Waals surface area contributed by atoms with Crippen molar-refractivity contribution in [2.45, 2.75) is 58.0 Å². The van der Waals surface area contributed by atoms with Gasteiger partial charge in [-0.1, -0.05) is 0 Å². The third kappa shape index (κ3) is 6.05. The Kier molecular flexibility index (Phi) is 7.57. The van der Waals surface area contributed by atoms with E-state index in [2.05, 4.69) is 9.24 Å². The van der Waals surface area contributed by atoms with Gasteiger partial charge in [0.05, 0.1) is 5.66 Å². The van der Waals surface area contributed by atoms with Crippen molar-refractivity contribution in [3.8, 4) is 0 Å². The number of hydrogen-bond donors (Lipinski definition) is 1. The second kappa shape index (κ2) is 8.94. The van der Waals surface area contributed by atoms with Crippen LogP contribution in [0.1, 0.15) is 27.7 Å². The van der Waals surface area contributed by atoms with Crippen molar-refractivity contribution in [1.82, 2.24) is 0 Å². The van der Waals surface area contributed by atoms with Crippen LogP contribution in [0.15, 0.2) is 0 Å². The summed E-state index contributed by atoms with van der Waals surface area (Å²) in [5.41, 5.74) is -0.605. The van der Waals surface area contributed by atoms with E-state index in [1.165, 1.54) is 27.7 Å². The van der Waals surface area contributed by atoms with Crippen molar-refractivity contribution in [3.05, 3.63) is 0 Å². The van der Waals surface area contributed by atoms with Crippen LogP contribution in [0.25, 0.3) is 0 Å². The van der Waals surface area contributed by atoms with Crippen LogP contribution < -0.4 is 0 Å². The van der Waals surface area contributed by atoms with Crippen molar-refractivity contribution in [1.29, 1.82) is 5.41 Å². The van der Waals surface area contributed by atoms with Crippen molar-refractivity contribution >= 4 is 33.0 Å². The minimum absolute atomic E-state index is 0.105. The fourth-order valence-electron chi connectivity index (χ4n) is 2.21. The Bertz CT molecular complexity index is 495. The van der Waals surface area contributed by atoms with Crippen molar-refractivity contribution < 1.29 is 38.1 Å². The average molecular weight is 363 g/mol. The summed E-state index contributed by atoms with van der Waals surface area (Å²) in [7, 11) is 2.40. The normalized spacial score (nSPS) is 29.3. The van der Waals surface area contributed by atoms with Crippen LogP contribution in [0.3, 0.4) is 0 Å². The Morgan fingerprint density at radius 2 is 1.50 bits per heavy atom. The number of carbonyl (C=O) groups excluding carboxylic acids is 3. The Morgan fingerprint density at radius 3 is 1.96 bits per heavy atom. The first-order valence-corrected chi connectivity index (χ1v) is 7.89. The van der Waals surface area contributed by atoms with Gasteiger partial charge in [-0.3, -0.25) is 19.8 Å². The first-order chi connectivity index (χ1) is 11.1. The van der Waals surface area contributed by atoms with Crippen LogP contribution in [0.4, 0.5) is 0 Å². The lowest BCUT2D eigenvalue weighted by molar-refractivity contribution is -0.245. The molecule has 1 rings (SSSR count). The molecule has 0 bridgehead atoms. The largest absolute Gasteiger partial charge is 0.463 e. The lowest BCUT2D eigenvalue weighted by Crippen LogP contribution is -2.60. The molecule has 1 aliphatic heterocycles. The van der Waals surface area contributed by atoms with Gasteiger partial charge in [-0.15, -0.1) is 9.24 Å². The zero-order valence-corrected chi connectivity index (χ0v) is 15.1. The highest BCUT2D eigenvalue weighted by molar-refractivity contribution is 7.17. The fraction of sp³-hybridized carbons (Fsp3) is 0.714. The molecule has 0 radical (unpaired) electrons. The van der Waals surface area contributed by atoms with Crippen LogP contribution >= 0.6 is 9.24 Å². The van der Waals surface area contributed by atoms with Crippen molar-refractivity contribution in [2.24, 2.45) is 0 Å². The van der Waals surface area contributed by atoms with E-state index in [9.17, 15) is 14.4 Å². The van der Waals surface area contributed by atoms with Crippen LogP contribution in [0, 0.1) is 5.41 Å². The molecule has 0 aromatic heterocycles. The highest BCUT2D eigenvalue weighted by Crippen LogP contribution is 2.32. The van der Waals surface area contributed by atoms with Gasteiger partial charge < -0.3 is 23.7 Å². The minimum atomic E-state index is -0.987. The maximum Gasteiger partial charge on any atom is 0.303 e. The van der Waals surface area contributed by atoms with E-state index >= 15 is 0 Å². The van der Waals surface area contributed by atoms with Crippen LogP contribution in [0.5, 0.6) is 0 Å². The summed E-state index contributed by atoms with van der Waals surface area (Å²) in [6.45, 7) is 4.84. The number of esters is 3. The highest BCUT2D eigenvalue weighted by Gasteiger charge is 2.49. The molecule has 24 heavy (non-hydrogen) atoms. The standard InChI is InChI=1S/C14H22NO8P/c1-6(15)20-14-13(24)12(22-9(4)18)11(21-8(3)17)10(23-14)5-19-7(2)16/h10-15H,5,24H2,1-4H3. The SMILES string of the molecule is CC(=N)OC1OC(COC(C)=O)C(OC(C)=O)C(OC(C)=O)C1P. The van der Waals surface area contributed by atoms with E-state index in [1.54, 1.807) is 0 Å². The molecule has 10 heteroatoms. The molecule has 1 fully saturated rings. The zero-order valence-electron chi connectivity index (χ0n) is 13.9. The van der Waals surface area contributed by atoms with Crippen LogP contribution in [-0.4, -0.2) is 60.7 Å². The fourth-order valence-corrected chi connectivity index (χ4v) is 2.68. The van der Waals surface area contributed by atoms with E-state index in [0.29, 0.717) is 0 Å². The lowest BCUT2D eigenvalue weighted by Gasteiger charge is -2.43. The first kappa shape index (κ1) is 20.3. The Hall–Kier alpha value is -1.73. The summed E-state index contributed by atoms with van der Waals surface area (Å²) >= 11 is 0. The third-order valence-electron chi connectivity index (χ3n) is 3.04. The quantitative estimate of drug-likeness (QED) is 0.245. The summed E-state index contributed by atoms with van der Waals surface area (Å²) in [4.78, 5) is 33.9.